The van der Waals surface area contributed by atoms with Crippen molar-refractivity contribution < 1.29 is 13.5 Å². The Labute approximate surface area is 116 Å². The van der Waals surface area contributed by atoms with E-state index in [1.807, 2.05) is 0 Å². The van der Waals surface area contributed by atoms with Crippen LogP contribution in [0, 0.1) is 17.6 Å². The van der Waals surface area contributed by atoms with E-state index in [2.05, 4.69) is 38.8 Å². The summed E-state index contributed by atoms with van der Waals surface area (Å²) in [6.45, 7) is 2.73. The molecule has 0 N–H and O–H groups in total. The Kier molecular flexibility index (Phi) is 4.21. The molecule has 0 bridgehead atoms. The predicted molar refractivity (Wildman–Crippen MR) is 69.2 cm³/mol. The summed E-state index contributed by atoms with van der Waals surface area (Å²) in [5.74, 6) is -0.551. The highest BCUT2D eigenvalue weighted by molar-refractivity contribution is 9.10. The molecule has 3 atom stereocenters. The molecule has 2 rings (SSSR count). The summed E-state index contributed by atoms with van der Waals surface area (Å²) in [7, 11) is 0. The van der Waals surface area contributed by atoms with E-state index in [1.165, 1.54) is 6.07 Å². The molecule has 0 aliphatic carbocycles. The normalized spacial score (nSPS) is 26.2. The second-order valence-corrected chi connectivity index (χ2v) is 6.13. The molecule has 94 valence electrons. The molecule has 0 radical (unpaired) electrons. The third-order valence-electron chi connectivity index (χ3n) is 3.07. The molecule has 1 aromatic carbocycles. The molecule has 1 saturated heterocycles. The lowest BCUT2D eigenvalue weighted by molar-refractivity contribution is 0.0927. The molecule has 17 heavy (non-hydrogen) atoms. The van der Waals surface area contributed by atoms with Crippen molar-refractivity contribution in [3.63, 3.8) is 0 Å². The van der Waals surface area contributed by atoms with Gasteiger partial charge in [0.05, 0.1) is 15.4 Å². The van der Waals surface area contributed by atoms with E-state index in [0.29, 0.717) is 18.1 Å². The van der Waals surface area contributed by atoms with Gasteiger partial charge in [0, 0.05) is 12.2 Å². The maximum atomic E-state index is 13.8. The summed E-state index contributed by atoms with van der Waals surface area (Å²) >= 11 is 6.38. The van der Waals surface area contributed by atoms with Gasteiger partial charge in [-0.25, -0.2) is 8.78 Å². The van der Waals surface area contributed by atoms with E-state index >= 15 is 0 Å². The van der Waals surface area contributed by atoms with Crippen LogP contribution in [0.2, 0.25) is 0 Å². The molecule has 1 heterocycles. The number of benzene rings is 1. The Morgan fingerprint density at radius 3 is 2.65 bits per heavy atom. The second kappa shape index (κ2) is 5.33. The van der Waals surface area contributed by atoms with Crippen molar-refractivity contribution in [3.05, 3.63) is 33.8 Å². The first-order valence-corrected chi connectivity index (χ1v) is 7.11. The van der Waals surface area contributed by atoms with Crippen molar-refractivity contribution in [2.45, 2.75) is 24.3 Å². The molecule has 3 unspecified atom stereocenters. The fourth-order valence-corrected chi connectivity index (χ4v) is 3.36. The summed E-state index contributed by atoms with van der Waals surface area (Å²) in [4.78, 5) is -0.317. The summed E-state index contributed by atoms with van der Waals surface area (Å²) < 4.78 is 32.9. The molecule has 1 fully saturated rings. The summed E-state index contributed by atoms with van der Waals surface area (Å²) in [6.07, 6.45) is 0.845. The number of rotatable bonds is 2. The second-order valence-electron chi connectivity index (χ2n) is 4.29. The van der Waals surface area contributed by atoms with Crippen LogP contribution in [-0.2, 0) is 4.74 Å². The minimum absolute atomic E-state index is 0.106. The van der Waals surface area contributed by atoms with Gasteiger partial charge in [-0.2, -0.15) is 0 Å². The summed E-state index contributed by atoms with van der Waals surface area (Å²) in [5.41, 5.74) is 0.310. The SMILES string of the molecule is CC1CCOC1C(Br)c1cc(F)c(Br)cc1F. The van der Waals surface area contributed by atoms with Crippen molar-refractivity contribution in [1.29, 1.82) is 0 Å². The zero-order valence-corrected chi connectivity index (χ0v) is 12.4. The molecule has 1 aliphatic heterocycles. The van der Waals surface area contributed by atoms with Crippen molar-refractivity contribution in [3.8, 4) is 0 Å². The molecule has 1 nitrogen and oxygen atoms in total. The Morgan fingerprint density at radius 1 is 1.35 bits per heavy atom. The van der Waals surface area contributed by atoms with E-state index in [-0.39, 0.29) is 15.4 Å². The lowest BCUT2D eigenvalue weighted by Crippen LogP contribution is -2.20. The minimum Gasteiger partial charge on any atom is -0.376 e. The molecular formula is C12H12Br2F2O. The maximum absolute atomic E-state index is 13.8. The van der Waals surface area contributed by atoms with E-state index in [9.17, 15) is 8.78 Å². The third kappa shape index (κ3) is 2.71. The average Bonchev–Trinajstić information content (AvgIpc) is 2.69. The van der Waals surface area contributed by atoms with Gasteiger partial charge >= 0.3 is 0 Å². The van der Waals surface area contributed by atoms with Gasteiger partial charge in [-0.3, -0.25) is 0 Å². The van der Waals surface area contributed by atoms with Gasteiger partial charge in [0.25, 0.3) is 0 Å². The van der Waals surface area contributed by atoms with Crippen LogP contribution in [0.25, 0.3) is 0 Å². The van der Waals surface area contributed by atoms with Gasteiger partial charge in [-0.1, -0.05) is 22.9 Å². The van der Waals surface area contributed by atoms with Crippen LogP contribution in [0.4, 0.5) is 8.78 Å². The fraction of sp³-hybridized carbons (Fsp3) is 0.500. The van der Waals surface area contributed by atoms with Gasteiger partial charge in [0.1, 0.15) is 11.6 Å². The first-order valence-electron chi connectivity index (χ1n) is 5.41. The predicted octanol–water partition coefficient (Wildman–Crippen LogP) is 4.59. The molecule has 1 aliphatic rings. The van der Waals surface area contributed by atoms with Crippen molar-refractivity contribution in [2.75, 3.05) is 6.61 Å². The lowest BCUT2D eigenvalue weighted by atomic mass is 9.97. The van der Waals surface area contributed by atoms with Crippen LogP contribution in [0.15, 0.2) is 16.6 Å². The monoisotopic (exact) mass is 368 g/mol. The first kappa shape index (κ1) is 13.4. The number of ether oxygens (including phenoxy) is 1. The summed E-state index contributed by atoms with van der Waals surface area (Å²) in [6, 6.07) is 2.37. The van der Waals surface area contributed by atoms with Crippen LogP contribution in [0.5, 0.6) is 0 Å². The standard InChI is InChI=1S/C12H12Br2F2O/c1-6-2-3-17-12(6)11(14)7-4-10(16)8(13)5-9(7)15/h4-6,11-12H,2-3H2,1H3. The van der Waals surface area contributed by atoms with E-state index in [1.54, 1.807) is 0 Å². The number of hydrogen-bond donors (Lipinski definition) is 0. The highest BCUT2D eigenvalue weighted by atomic mass is 79.9. The molecule has 0 aromatic heterocycles. The van der Waals surface area contributed by atoms with E-state index in [0.717, 1.165) is 12.5 Å². The average molecular weight is 370 g/mol. The Morgan fingerprint density at radius 2 is 2.06 bits per heavy atom. The van der Waals surface area contributed by atoms with Crippen LogP contribution in [-0.4, -0.2) is 12.7 Å². The molecule has 0 amide bonds. The molecule has 0 saturated carbocycles. The highest BCUT2D eigenvalue weighted by Crippen LogP contribution is 2.39. The van der Waals surface area contributed by atoms with E-state index < -0.39 is 11.6 Å². The fourth-order valence-electron chi connectivity index (χ4n) is 2.02. The quantitative estimate of drug-likeness (QED) is 0.547. The highest BCUT2D eigenvalue weighted by Gasteiger charge is 2.33. The van der Waals surface area contributed by atoms with Crippen molar-refractivity contribution in [2.24, 2.45) is 5.92 Å². The first-order chi connectivity index (χ1) is 8.00. The van der Waals surface area contributed by atoms with Crippen molar-refractivity contribution in [1.82, 2.24) is 0 Å². The van der Waals surface area contributed by atoms with Crippen molar-refractivity contribution >= 4 is 31.9 Å². The summed E-state index contributed by atoms with van der Waals surface area (Å²) in [5, 5.41) is 0. The number of halogens is 4. The van der Waals surface area contributed by atoms with Gasteiger partial charge in [-0.15, -0.1) is 0 Å². The molecule has 1 aromatic rings. The zero-order chi connectivity index (χ0) is 12.6. The van der Waals surface area contributed by atoms with E-state index in [4.69, 9.17) is 4.74 Å². The third-order valence-corrected chi connectivity index (χ3v) is 4.69. The van der Waals surface area contributed by atoms with Gasteiger partial charge < -0.3 is 4.74 Å². The largest absolute Gasteiger partial charge is 0.376 e. The minimum atomic E-state index is -0.462. The zero-order valence-electron chi connectivity index (χ0n) is 9.22. The molecule has 5 heteroatoms. The van der Waals surface area contributed by atoms with Crippen LogP contribution in [0.1, 0.15) is 23.7 Å². The van der Waals surface area contributed by atoms with Gasteiger partial charge in [0.15, 0.2) is 0 Å². The Bertz CT molecular complexity index is 425. The smallest absolute Gasteiger partial charge is 0.137 e. The lowest BCUT2D eigenvalue weighted by Gasteiger charge is -2.22. The van der Waals surface area contributed by atoms with Crippen LogP contribution >= 0.6 is 31.9 Å². The Balaban J connectivity index is 2.30. The molecular weight excluding hydrogens is 358 g/mol. The van der Waals surface area contributed by atoms with Gasteiger partial charge in [-0.05, 0) is 40.4 Å². The number of hydrogen-bond acceptors (Lipinski definition) is 1. The van der Waals surface area contributed by atoms with Gasteiger partial charge in [0.2, 0.25) is 0 Å². The van der Waals surface area contributed by atoms with Crippen LogP contribution < -0.4 is 0 Å². The number of alkyl halides is 1. The molecule has 0 spiro atoms. The maximum Gasteiger partial charge on any atom is 0.137 e. The van der Waals surface area contributed by atoms with Crippen LogP contribution in [0.3, 0.4) is 0 Å². The topological polar surface area (TPSA) is 9.23 Å². The Hall–Kier alpha value is -0.0000000000000000555.